The molecule has 36 heavy (non-hydrogen) atoms. The number of hydrogen-bond donors (Lipinski definition) is 3. The van der Waals surface area contributed by atoms with Crippen LogP contribution in [0.5, 0.6) is 0 Å². The minimum absolute atomic E-state index is 0.0489. The van der Waals surface area contributed by atoms with E-state index >= 15 is 0 Å². The number of rotatable bonds is 8. The van der Waals surface area contributed by atoms with Crippen molar-refractivity contribution < 1.29 is 14.3 Å². The van der Waals surface area contributed by atoms with Gasteiger partial charge in [0, 0.05) is 72.9 Å². The molecule has 10 nitrogen and oxygen atoms in total. The van der Waals surface area contributed by atoms with Crippen molar-refractivity contribution in [3.05, 3.63) is 64.9 Å². The lowest BCUT2D eigenvalue weighted by atomic mass is 10.0. The molecule has 4 aromatic heterocycles. The maximum atomic E-state index is 12.7. The number of aryl methyl sites for hydroxylation is 1. The Kier molecular flexibility index (Phi) is 6.88. The van der Waals surface area contributed by atoms with Gasteiger partial charge in [-0.1, -0.05) is 0 Å². The van der Waals surface area contributed by atoms with Crippen molar-refractivity contribution in [1.29, 1.82) is 0 Å². The first kappa shape index (κ1) is 23.8. The highest BCUT2D eigenvalue weighted by atomic mass is 16.5. The van der Waals surface area contributed by atoms with Crippen LogP contribution in [0.15, 0.2) is 36.7 Å². The SMILES string of the molecule is Cc1[nH]nc(C(=O)Cc2cnc3[nH]c(-c4ccnc(C(=O)NCCN5CCOCC5)c4)cc3c2)c1C. The molecule has 0 unspecified atom stereocenters. The van der Waals surface area contributed by atoms with Gasteiger partial charge in [0.1, 0.15) is 17.0 Å². The third-order valence-corrected chi connectivity index (χ3v) is 6.53. The maximum absolute atomic E-state index is 12.7. The van der Waals surface area contributed by atoms with Crippen LogP contribution in [0.4, 0.5) is 0 Å². The van der Waals surface area contributed by atoms with Gasteiger partial charge >= 0.3 is 0 Å². The van der Waals surface area contributed by atoms with Crippen LogP contribution in [0, 0.1) is 13.8 Å². The van der Waals surface area contributed by atoms with Crippen molar-refractivity contribution in [1.82, 2.24) is 35.4 Å². The molecule has 10 heteroatoms. The van der Waals surface area contributed by atoms with Gasteiger partial charge in [0.15, 0.2) is 5.78 Å². The second-order valence-corrected chi connectivity index (χ2v) is 9.03. The lowest BCUT2D eigenvalue weighted by Crippen LogP contribution is -2.41. The number of ether oxygens (including phenoxy) is 1. The van der Waals surface area contributed by atoms with Gasteiger partial charge < -0.3 is 15.0 Å². The second-order valence-electron chi connectivity index (χ2n) is 9.03. The summed E-state index contributed by atoms with van der Waals surface area (Å²) in [7, 11) is 0. The second kappa shape index (κ2) is 10.4. The van der Waals surface area contributed by atoms with Crippen molar-refractivity contribution in [2.24, 2.45) is 0 Å². The number of aromatic amines is 2. The van der Waals surface area contributed by atoms with Gasteiger partial charge in [-0.05, 0) is 43.7 Å². The van der Waals surface area contributed by atoms with Crippen LogP contribution in [0.1, 0.15) is 37.8 Å². The summed E-state index contributed by atoms with van der Waals surface area (Å²) in [5.74, 6) is -0.254. The number of hydrogen-bond acceptors (Lipinski definition) is 7. The van der Waals surface area contributed by atoms with Crippen molar-refractivity contribution >= 4 is 22.7 Å². The highest BCUT2D eigenvalue weighted by Crippen LogP contribution is 2.24. The maximum Gasteiger partial charge on any atom is 0.269 e. The van der Waals surface area contributed by atoms with E-state index in [-0.39, 0.29) is 18.1 Å². The molecular formula is C26H29N7O3. The van der Waals surface area contributed by atoms with Crippen molar-refractivity contribution in [2.75, 3.05) is 39.4 Å². The van der Waals surface area contributed by atoms with Crippen molar-refractivity contribution in [3.63, 3.8) is 0 Å². The summed E-state index contributed by atoms with van der Waals surface area (Å²) < 4.78 is 5.36. The number of nitrogens with zero attached hydrogens (tertiary/aromatic N) is 4. The fraction of sp³-hybridized carbons (Fsp3) is 0.346. The number of pyridine rings is 2. The molecule has 1 aliphatic rings. The minimum atomic E-state index is -0.205. The minimum Gasteiger partial charge on any atom is -0.379 e. The molecule has 1 aliphatic heterocycles. The first-order valence-corrected chi connectivity index (χ1v) is 12.0. The number of H-pyrrole nitrogens is 2. The third-order valence-electron chi connectivity index (χ3n) is 6.53. The molecule has 186 valence electrons. The van der Waals surface area contributed by atoms with Crippen LogP contribution in [0.3, 0.4) is 0 Å². The first-order valence-electron chi connectivity index (χ1n) is 12.0. The molecule has 0 aromatic carbocycles. The lowest BCUT2D eigenvalue weighted by Gasteiger charge is -2.26. The van der Waals surface area contributed by atoms with Gasteiger partial charge in [-0.2, -0.15) is 5.10 Å². The average molecular weight is 488 g/mol. The molecular weight excluding hydrogens is 458 g/mol. The van der Waals surface area contributed by atoms with Gasteiger partial charge in [-0.25, -0.2) is 4.98 Å². The van der Waals surface area contributed by atoms with Crippen LogP contribution in [0.25, 0.3) is 22.3 Å². The Bertz CT molecular complexity index is 1400. The Morgan fingerprint density at radius 1 is 1.14 bits per heavy atom. The van der Waals surface area contributed by atoms with Crippen LogP contribution < -0.4 is 5.32 Å². The topological polar surface area (TPSA) is 129 Å². The molecule has 0 bridgehead atoms. The Morgan fingerprint density at radius 2 is 1.97 bits per heavy atom. The molecule has 1 amide bonds. The van der Waals surface area contributed by atoms with E-state index in [0.29, 0.717) is 23.6 Å². The average Bonchev–Trinajstić information content (AvgIpc) is 3.47. The summed E-state index contributed by atoms with van der Waals surface area (Å²) >= 11 is 0. The van der Waals surface area contributed by atoms with E-state index in [1.807, 2.05) is 32.0 Å². The van der Waals surface area contributed by atoms with Gasteiger partial charge in [0.2, 0.25) is 0 Å². The number of carbonyl (C=O) groups excluding carboxylic acids is 2. The molecule has 4 aromatic rings. The number of aromatic nitrogens is 5. The van der Waals surface area contributed by atoms with E-state index in [1.165, 1.54) is 0 Å². The number of fused-ring (bicyclic) bond motifs is 1. The molecule has 5 rings (SSSR count). The number of Topliss-reactive ketones (excluding diaryl/α,β-unsaturated/α-hetero) is 1. The van der Waals surface area contributed by atoms with E-state index in [4.69, 9.17) is 4.74 Å². The fourth-order valence-corrected chi connectivity index (χ4v) is 4.30. The molecule has 0 atom stereocenters. The highest BCUT2D eigenvalue weighted by Gasteiger charge is 2.16. The van der Waals surface area contributed by atoms with Crippen LogP contribution in [-0.2, 0) is 11.2 Å². The monoisotopic (exact) mass is 487 g/mol. The summed E-state index contributed by atoms with van der Waals surface area (Å²) in [4.78, 5) is 39.7. The van der Waals surface area contributed by atoms with Gasteiger partial charge in [-0.15, -0.1) is 0 Å². The summed E-state index contributed by atoms with van der Waals surface area (Å²) in [5.41, 5.74) is 5.77. The summed E-state index contributed by atoms with van der Waals surface area (Å²) in [5, 5.41) is 10.8. The van der Waals surface area contributed by atoms with Crippen LogP contribution in [-0.4, -0.2) is 81.1 Å². The molecule has 0 saturated carbocycles. The number of nitrogens with one attached hydrogen (secondary N) is 3. The molecule has 0 spiro atoms. The Hall–Kier alpha value is -3.89. The van der Waals surface area contributed by atoms with Crippen LogP contribution >= 0.6 is 0 Å². The first-order chi connectivity index (χ1) is 17.5. The van der Waals surface area contributed by atoms with Gasteiger partial charge in [0.25, 0.3) is 5.91 Å². The summed E-state index contributed by atoms with van der Waals surface area (Å²) in [6, 6.07) is 7.54. The summed E-state index contributed by atoms with van der Waals surface area (Å²) in [6.45, 7) is 8.36. The molecule has 0 aliphatic carbocycles. The molecule has 1 saturated heterocycles. The van der Waals surface area contributed by atoms with E-state index < -0.39 is 0 Å². The molecule has 5 heterocycles. The highest BCUT2D eigenvalue weighted by molar-refractivity contribution is 5.97. The summed E-state index contributed by atoms with van der Waals surface area (Å²) in [6.07, 6.45) is 3.55. The van der Waals surface area contributed by atoms with Crippen LogP contribution in [0.2, 0.25) is 0 Å². The number of ketones is 1. The van der Waals surface area contributed by atoms with E-state index in [9.17, 15) is 9.59 Å². The molecule has 1 fully saturated rings. The van der Waals surface area contributed by atoms with Crippen molar-refractivity contribution in [3.8, 4) is 11.3 Å². The zero-order valence-corrected chi connectivity index (χ0v) is 20.4. The Labute approximate surface area is 208 Å². The zero-order chi connectivity index (χ0) is 25.1. The van der Waals surface area contributed by atoms with E-state index in [0.717, 1.165) is 66.3 Å². The number of morpholine rings is 1. The number of amides is 1. The third kappa shape index (κ3) is 5.19. The molecule has 0 radical (unpaired) electrons. The fourth-order valence-electron chi connectivity index (χ4n) is 4.30. The predicted octanol–water partition coefficient (Wildman–Crippen LogP) is 2.45. The predicted molar refractivity (Wildman–Crippen MR) is 135 cm³/mol. The Morgan fingerprint density at radius 3 is 2.75 bits per heavy atom. The van der Waals surface area contributed by atoms with E-state index in [2.05, 4.69) is 35.4 Å². The normalized spacial score (nSPS) is 14.3. The molecule has 3 N–H and O–H groups in total. The van der Waals surface area contributed by atoms with Gasteiger partial charge in [-0.3, -0.25) is 24.6 Å². The van der Waals surface area contributed by atoms with Crippen molar-refractivity contribution in [2.45, 2.75) is 20.3 Å². The Balaban J connectivity index is 1.26. The lowest BCUT2D eigenvalue weighted by molar-refractivity contribution is 0.0383. The van der Waals surface area contributed by atoms with Gasteiger partial charge in [0.05, 0.1) is 13.2 Å². The smallest absolute Gasteiger partial charge is 0.269 e. The zero-order valence-electron chi connectivity index (χ0n) is 20.4. The number of carbonyl (C=O) groups is 2. The quantitative estimate of drug-likeness (QED) is 0.326. The largest absolute Gasteiger partial charge is 0.379 e. The van der Waals surface area contributed by atoms with E-state index in [1.54, 1.807) is 18.5 Å². The standard InChI is InChI=1S/C26H29N7O3/c1-16-17(2)31-32-24(16)23(34)12-18-11-20-14-21(30-25(20)29-15-18)19-3-4-27-22(13-19)26(35)28-5-6-33-7-9-36-10-8-33/h3-4,11,13-15H,5-10,12H2,1-2H3,(H,28,35)(H,29,30)(H,31,32).